The maximum Gasteiger partial charge on any atom is 0.193 e. The number of guanidine groups is 1. The minimum Gasteiger partial charge on any atom is -0.383 e. The van der Waals surface area contributed by atoms with E-state index in [1.807, 2.05) is 7.05 Å². The molecule has 1 heterocycles. The van der Waals surface area contributed by atoms with Crippen molar-refractivity contribution in [3.63, 3.8) is 0 Å². The first-order valence-corrected chi connectivity index (χ1v) is 9.60. The Labute approximate surface area is 158 Å². The van der Waals surface area contributed by atoms with Gasteiger partial charge in [-0.05, 0) is 38.4 Å². The molecule has 1 aromatic rings. The average Bonchev–Trinajstić information content (AvgIpc) is 2.68. The van der Waals surface area contributed by atoms with Crippen LogP contribution in [0, 0.1) is 0 Å². The van der Waals surface area contributed by atoms with Gasteiger partial charge in [-0.3, -0.25) is 4.99 Å². The molecule has 1 saturated heterocycles. The van der Waals surface area contributed by atoms with E-state index >= 15 is 0 Å². The summed E-state index contributed by atoms with van der Waals surface area (Å²) in [5.41, 5.74) is 2.83. The molecule has 0 atom stereocenters. The van der Waals surface area contributed by atoms with Gasteiger partial charge in [0.1, 0.15) is 0 Å². The van der Waals surface area contributed by atoms with E-state index in [2.05, 4.69) is 63.6 Å². The van der Waals surface area contributed by atoms with Crippen LogP contribution in [0.5, 0.6) is 0 Å². The second-order valence-electron chi connectivity index (χ2n) is 6.82. The van der Waals surface area contributed by atoms with Gasteiger partial charge in [0.25, 0.3) is 0 Å². The fraction of sp³-hybridized carbons (Fsp3) is 0.571. The number of likely N-dealkylation sites (N-methyl/N-ethyl adjacent to an activating group) is 1. The molecule has 144 valence electrons. The first-order valence-electron chi connectivity index (χ1n) is 9.60. The van der Waals surface area contributed by atoms with Gasteiger partial charge in [-0.1, -0.05) is 42.0 Å². The summed E-state index contributed by atoms with van der Waals surface area (Å²) in [6.07, 6.45) is 5.65. The van der Waals surface area contributed by atoms with Crippen LogP contribution in [0.15, 0.2) is 40.9 Å². The zero-order valence-electron chi connectivity index (χ0n) is 16.6. The number of rotatable bonds is 8. The van der Waals surface area contributed by atoms with Crippen molar-refractivity contribution in [3.05, 3.63) is 41.5 Å². The number of piperidine rings is 1. The van der Waals surface area contributed by atoms with Crippen molar-refractivity contribution < 1.29 is 4.74 Å². The van der Waals surface area contributed by atoms with E-state index in [0.717, 1.165) is 64.6 Å². The van der Waals surface area contributed by atoms with Crippen LogP contribution in [0.1, 0.15) is 24.8 Å². The summed E-state index contributed by atoms with van der Waals surface area (Å²) in [5, 5.41) is 3.51. The molecule has 0 aliphatic carbocycles. The number of hydrogen-bond acceptors (Lipinski definition) is 3. The first kappa shape index (κ1) is 20.5. The minimum atomic E-state index is 0.790. The Morgan fingerprint density at radius 3 is 2.62 bits per heavy atom. The Bertz CT molecular complexity index is 561. The van der Waals surface area contributed by atoms with E-state index in [4.69, 9.17) is 4.74 Å². The van der Waals surface area contributed by atoms with E-state index in [9.17, 15) is 0 Å². The molecule has 1 aromatic carbocycles. The highest BCUT2D eigenvalue weighted by atomic mass is 16.5. The maximum atomic E-state index is 5.11. The highest BCUT2D eigenvalue weighted by molar-refractivity contribution is 5.80. The Hall–Kier alpha value is -1.85. The van der Waals surface area contributed by atoms with Crippen LogP contribution in [-0.4, -0.2) is 76.3 Å². The van der Waals surface area contributed by atoms with Gasteiger partial charge < -0.3 is 19.9 Å². The molecule has 0 aromatic heterocycles. The molecule has 1 N–H and O–H groups in total. The Balaban J connectivity index is 1.70. The predicted octanol–water partition coefficient (Wildman–Crippen LogP) is 2.71. The lowest BCUT2D eigenvalue weighted by Gasteiger charge is -2.31. The van der Waals surface area contributed by atoms with E-state index in [1.54, 1.807) is 7.11 Å². The third kappa shape index (κ3) is 7.18. The number of nitrogens with zero attached hydrogens (tertiary/aromatic N) is 3. The van der Waals surface area contributed by atoms with Crippen molar-refractivity contribution in [2.24, 2.45) is 4.99 Å². The van der Waals surface area contributed by atoms with Gasteiger partial charge in [0.2, 0.25) is 0 Å². The molecule has 0 bridgehead atoms. The Morgan fingerprint density at radius 1 is 1.23 bits per heavy atom. The summed E-state index contributed by atoms with van der Waals surface area (Å²) in [6, 6.07) is 10.6. The lowest BCUT2D eigenvalue weighted by atomic mass is 10.0. The maximum absolute atomic E-state index is 5.11. The number of hydrogen-bond donors (Lipinski definition) is 1. The highest BCUT2D eigenvalue weighted by Crippen LogP contribution is 2.19. The first-order chi connectivity index (χ1) is 12.7. The van der Waals surface area contributed by atoms with Crippen molar-refractivity contribution >= 4 is 12.0 Å². The number of ether oxygens (including phenoxy) is 1. The van der Waals surface area contributed by atoms with Crippen LogP contribution in [0.3, 0.4) is 0 Å². The molecule has 1 aliphatic rings. The Morgan fingerprint density at radius 2 is 1.96 bits per heavy atom. The Kier molecular flexibility index (Phi) is 9.21. The van der Waals surface area contributed by atoms with Crippen molar-refractivity contribution in [2.45, 2.75) is 19.3 Å². The van der Waals surface area contributed by atoms with E-state index in [1.165, 1.54) is 11.1 Å². The largest absolute Gasteiger partial charge is 0.383 e. The third-order valence-electron chi connectivity index (χ3n) is 4.76. The number of aliphatic imine (C=N–C) groups is 1. The molecule has 0 saturated carbocycles. The fourth-order valence-corrected chi connectivity index (χ4v) is 3.18. The smallest absolute Gasteiger partial charge is 0.193 e. The van der Waals surface area contributed by atoms with Gasteiger partial charge in [-0.2, -0.15) is 0 Å². The van der Waals surface area contributed by atoms with Crippen LogP contribution < -0.4 is 5.32 Å². The fourth-order valence-electron chi connectivity index (χ4n) is 3.18. The summed E-state index contributed by atoms with van der Waals surface area (Å²) >= 11 is 0. The molecule has 0 spiro atoms. The van der Waals surface area contributed by atoms with Gasteiger partial charge in [-0.25, -0.2) is 0 Å². The summed E-state index contributed by atoms with van der Waals surface area (Å²) in [7, 11) is 5.76. The molecule has 2 rings (SSSR count). The third-order valence-corrected chi connectivity index (χ3v) is 4.76. The number of benzene rings is 1. The van der Waals surface area contributed by atoms with E-state index < -0.39 is 0 Å². The second-order valence-corrected chi connectivity index (χ2v) is 6.82. The number of methoxy groups -OCH3 is 1. The summed E-state index contributed by atoms with van der Waals surface area (Å²) < 4.78 is 5.11. The molecule has 0 radical (unpaired) electrons. The predicted molar refractivity (Wildman–Crippen MR) is 111 cm³/mol. The van der Waals surface area contributed by atoms with Gasteiger partial charge in [0.05, 0.1) is 6.61 Å². The molecule has 1 fully saturated rings. The van der Waals surface area contributed by atoms with Gasteiger partial charge in [-0.15, -0.1) is 0 Å². The highest BCUT2D eigenvalue weighted by Gasteiger charge is 2.16. The van der Waals surface area contributed by atoms with Crippen molar-refractivity contribution in [2.75, 3.05) is 60.5 Å². The zero-order chi connectivity index (χ0) is 18.6. The monoisotopic (exact) mass is 358 g/mol. The molecular formula is C21H34N4O. The average molecular weight is 359 g/mol. The molecule has 5 nitrogen and oxygen atoms in total. The summed E-state index contributed by atoms with van der Waals surface area (Å²) in [6.45, 7) is 5.86. The molecule has 5 heteroatoms. The number of likely N-dealkylation sites (tertiary alicyclic amines) is 1. The SMILES string of the molecule is CN=C(NCCCN(C)CCOC)N1CCC(=Cc2ccccc2)CC1. The van der Waals surface area contributed by atoms with Crippen molar-refractivity contribution in [3.8, 4) is 0 Å². The van der Waals surface area contributed by atoms with Crippen molar-refractivity contribution in [1.82, 2.24) is 15.1 Å². The standard InChI is InChI=1S/C21H34N4O/c1-22-21(23-12-7-13-24(2)16-17-26-3)25-14-10-20(11-15-25)18-19-8-5-4-6-9-19/h4-6,8-9,18H,7,10-17H2,1-3H3,(H,22,23). The van der Waals surface area contributed by atoms with Crippen LogP contribution in [-0.2, 0) is 4.74 Å². The molecule has 0 amide bonds. The van der Waals surface area contributed by atoms with Gasteiger partial charge in [0.15, 0.2) is 5.96 Å². The number of nitrogens with one attached hydrogen (secondary N) is 1. The lowest BCUT2D eigenvalue weighted by molar-refractivity contribution is 0.161. The van der Waals surface area contributed by atoms with Crippen LogP contribution in [0.4, 0.5) is 0 Å². The van der Waals surface area contributed by atoms with Gasteiger partial charge >= 0.3 is 0 Å². The van der Waals surface area contributed by atoms with E-state index in [-0.39, 0.29) is 0 Å². The lowest BCUT2D eigenvalue weighted by Crippen LogP contribution is -2.45. The summed E-state index contributed by atoms with van der Waals surface area (Å²) in [5.74, 6) is 1.03. The summed E-state index contributed by atoms with van der Waals surface area (Å²) in [4.78, 5) is 9.14. The molecule has 0 unspecified atom stereocenters. The topological polar surface area (TPSA) is 40.1 Å². The second kappa shape index (κ2) is 11.7. The normalized spacial score (nSPS) is 15.5. The van der Waals surface area contributed by atoms with Crippen molar-refractivity contribution in [1.29, 1.82) is 0 Å². The molecule has 1 aliphatic heterocycles. The van der Waals surface area contributed by atoms with Crippen LogP contribution in [0.2, 0.25) is 0 Å². The molecular weight excluding hydrogens is 324 g/mol. The molecule has 26 heavy (non-hydrogen) atoms. The quantitative estimate of drug-likeness (QED) is 0.441. The van der Waals surface area contributed by atoms with Gasteiger partial charge in [0, 0.05) is 40.3 Å². The van der Waals surface area contributed by atoms with Crippen LogP contribution in [0.25, 0.3) is 6.08 Å². The van der Waals surface area contributed by atoms with E-state index in [0.29, 0.717) is 0 Å². The zero-order valence-corrected chi connectivity index (χ0v) is 16.6. The minimum absolute atomic E-state index is 0.790. The van der Waals surface area contributed by atoms with Crippen LogP contribution >= 0.6 is 0 Å².